The maximum atomic E-state index is 2.31. The first kappa shape index (κ1) is 46.1. The molecule has 0 aromatic carbocycles. The van der Waals surface area contributed by atoms with Crippen LogP contribution in [0.1, 0.15) is 251 Å². The Bertz CT molecular complexity index is 399. The second-order valence-corrected chi connectivity index (χ2v) is 15.6. The first-order valence-corrected chi connectivity index (χ1v) is 22.0. The summed E-state index contributed by atoms with van der Waals surface area (Å²) in [6.45, 7) is 4.62. The molecule has 1 unspecified atom stereocenters. The van der Waals surface area contributed by atoms with Gasteiger partial charge in [0, 0.05) is 18.6 Å². The Balaban J connectivity index is 0. The van der Waals surface area contributed by atoms with Crippen LogP contribution in [-0.2, 0) is 18.6 Å². The zero-order chi connectivity index (χ0) is 30.3. The normalized spacial score (nSPS) is 11.6. The van der Waals surface area contributed by atoms with Crippen molar-refractivity contribution in [1.82, 2.24) is 0 Å². The number of hydrogen-bond acceptors (Lipinski definition) is 0. The second-order valence-electron chi connectivity index (χ2n) is 14.1. The van der Waals surface area contributed by atoms with Crippen molar-refractivity contribution in [1.29, 1.82) is 0 Å². The SMILES string of the molecule is CCCCCCCCCCCCCCCCCCCCCPCCCCCCCCCCCCCCCCCCCC.[V]. The van der Waals surface area contributed by atoms with E-state index in [1.165, 1.54) is 258 Å². The number of rotatable bonds is 39. The summed E-state index contributed by atoms with van der Waals surface area (Å²) in [7, 11) is 1.25. The Hall–Kier alpha value is 1.01. The molecule has 0 saturated carbocycles. The summed E-state index contributed by atoms with van der Waals surface area (Å²) in [6.07, 6.45) is 58.0. The van der Waals surface area contributed by atoms with E-state index in [2.05, 4.69) is 13.8 Å². The predicted octanol–water partition coefficient (Wildman–Crippen LogP) is 16.1. The molecular formula is C41H85PV. The minimum absolute atomic E-state index is 0. The van der Waals surface area contributed by atoms with Gasteiger partial charge in [-0.3, -0.25) is 0 Å². The van der Waals surface area contributed by atoms with E-state index in [9.17, 15) is 0 Å². The van der Waals surface area contributed by atoms with Gasteiger partial charge in [0.25, 0.3) is 0 Å². The van der Waals surface area contributed by atoms with Crippen molar-refractivity contribution in [3.8, 4) is 0 Å². The monoisotopic (exact) mass is 660 g/mol. The van der Waals surface area contributed by atoms with Gasteiger partial charge in [-0.05, 0) is 25.2 Å². The summed E-state index contributed by atoms with van der Waals surface area (Å²) in [4.78, 5) is 0. The van der Waals surface area contributed by atoms with Crippen LogP contribution in [0.15, 0.2) is 0 Å². The van der Waals surface area contributed by atoms with Crippen molar-refractivity contribution in [2.24, 2.45) is 0 Å². The summed E-state index contributed by atoms with van der Waals surface area (Å²) < 4.78 is 0. The third-order valence-electron chi connectivity index (χ3n) is 9.66. The van der Waals surface area contributed by atoms with Gasteiger partial charge in [-0.2, -0.15) is 0 Å². The van der Waals surface area contributed by atoms with E-state index >= 15 is 0 Å². The topological polar surface area (TPSA) is 0 Å². The Morgan fingerprint density at radius 2 is 0.349 bits per heavy atom. The van der Waals surface area contributed by atoms with Gasteiger partial charge >= 0.3 is 0 Å². The Morgan fingerprint density at radius 3 is 0.512 bits per heavy atom. The van der Waals surface area contributed by atoms with Gasteiger partial charge in [0.05, 0.1) is 0 Å². The van der Waals surface area contributed by atoms with Gasteiger partial charge in [-0.15, -0.1) is 8.58 Å². The van der Waals surface area contributed by atoms with Crippen molar-refractivity contribution in [2.45, 2.75) is 251 Å². The van der Waals surface area contributed by atoms with Gasteiger partial charge in [0.1, 0.15) is 0 Å². The molecule has 0 aromatic rings. The molecule has 0 amide bonds. The van der Waals surface area contributed by atoms with Gasteiger partial charge in [-0.1, -0.05) is 239 Å². The Morgan fingerprint density at radius 1 is 0.209 bits per heavy atom. The van der Waals surface area contributed by atoms with Gasteiger partial charge in [0.15, 0.2) is 0 Å². The second kappa shape index (κ2) is 45.1. The fraction of sp³-hybridized carbons (Fsp3) is 1.00. The van der Waals surface area contributed by atoms with Crippen molar-refractivity contribution < 1.29 is 18.6 Å². The molecule has 0 nitrogen and oxygen atoms in total. The summed E-state index contributed by atoms with van der Waals surface area (Å²) in [5.74, 6) is 0. The minimum atomic E-state index is 0. The molecule has 259 valence electrons. The fourth-order valence-electron chi connectivity index (χ4n) is 6.61. The predicted molar refractivity (Wildman–Crippen MR) is 200 cm³/mol. The van der Waals surface area contributed by atoms with Crippen LogP contribution in [0.5, 0.6) is 0 Å². The van der Waals surface area contributed by atoms with E-state index in [0.717, 1.165) is 0 Å². The zero-order valence-corrected chi connectivity index (χ0v) is 32.9. The fourth-order valence-corrected chi connectivity index (χ4v) is 7.86. The molecule has 0 aromatic heterocycles. The van der Waals surface area contributed by atoms with Gasteiger partial charge < -0.3 is 0 Å². The summed E-state index contributed by atoms with van der Waals surface area (Å²) in [6, 6.07) is 0. The van der Waals surface area contributed by atoms with E-state index in [4.69, 9.17) is 0 Å². The standard InChI is InChI=1S/C41H85P.V/c1-3-5-7-9-11-13-15-17-19-21-23-25-27-29-31-33-35-37-39-41-42-40-38-36-34-32-30-28-26-24-22-20-18-16-14-12-10-8-6-4-2;/h42H,3-41H2,1-2H3;. The first-order valence-electron chi connectivity index (χ1n) is 20.6. The molecule has 43 heavy (non-hydrogen) atoms. The van der Waals surface area contributed by atoms with E-state index in [-0.39, 0.29) is 18.6 Å². The Labute approximate surface area is 289 Å². The molecule has 0 bridgehead atoms. The van der Waals surface area contributed by atoms with Crippen LogP contribution in [0.2, 0.25) is 0 Å². The van der Waals surface area contributed by atoms with Crippen LogP contribution in [0, 0.1) is 0 Å². The third-order valence-corrected chi connectivity index (χ3v) is 11.1. The van der Waals surface area contributed by atoms with Crippen LogP contribution < -0.4 is 0 Å². The van der Waals surface area contributed by atoms with Crippen molar-refractivity contribution in [3.05, 3.63) is 0 Å². The maximum absolute atomic E-state index is 2.31. The largest absolute Gasteiger partial charge is 0.122 e. The summed E-state index contributed by atoms with van der Waals surface area (Å²) >= 11 is 0. The molecule has 0 rings (SSSR count). The van der Waals surface area contributed by atoms with Crippen molar-refractivity contribution >= 4 is 8.58 Å². The summed E-state index contributed by atoms with van der Waals surface area (Å²) in [5.41, 5.74) is 0. The van der Waals surface area contributed by atoms with Crippen LogP contribution in [0.4, 0.5) is 0 Å². The van der Waals surface area contributed by atoms with Crippen molar-refractivity contribution in [3.63, 3.8) is 0 Å². The number of hydrogen-bond donors (Lipinski definition) is 0. The molecule has 1 radical (unpaired) electrons. The smallest absolute Gasteiger partial charge is 0 e. The van der Waals surface area contributed by atoms with Gasteiger partial charge in [-0.25, -0.2) is 0 Å². The molecular weight excluding hydrogens is 574 g/mol. The van der Waals surface area contributed by atoms with E-state index < -0.39 is 0 Å². The van der Waals surface area contributed by atoms with Crippen LogP contribution in [-0.4, -0.2) is 12.3 Å². The van der Waals surface area contributed by atoms with Crippen molar-refractivity contribution in [2.75, 3.05) is 12.3 Å². The molecule has 0 aliphatic heterocycles. The molecule has 2 heteroatoms. The third kappa shape index (κ3) is 45.2. The van der Waals surface area contributed by atoms with Crippen LogP contribution in [0.25, 0.3) is 0 Å². The van der Waals surface area contributed by atoms with E-state index in [1.54, 1.807) is 0 Å². The molecule has 0 aliphatic rings. The van der Waals surface area contributed by atoms with Gasteiger partial charge in [0.2, 0.25) is 0 Å². The average molecular weight is 660 g/mol. The average Bonchev–Trinajstić information content (AvgIpc) is 3.00. The minimum Gasteiger partial charge on any atom is -0.122 e. The molecule has 0 saturated heterocycles. The molecule has 1 atom stereocenters. The molecule has 0 N–H and O–H groups in total. The maximum Gasteiger partial charge on any atom is 0 e. The zero-order valence-electron chi connectivity index (χ0n) is 30.5. The molecule has 0 heterocycles. The molecule has 0 spiro atoms. The summed E-state index contributed by atoms with van der Waals surface area (Å²) in [5, 5.41) is 0. The molecule has 0 aliphatic carbocycles. The van der Waals surface area contributed by atoms with Crippen LogP contribution in [0.3, 0.4) is 0 Å². The first-order chi connectivity index (χ1) is 20.9. The van der Waals surface area contributed by atoms with E-state index in [0.29, 0.717) is 0 Å². The van der Waals surface area contributed by atoms with E-state index in [1.807, 2.05) is 0 Å². The number of unbranched alkanes of at least 4 members (excludes halogenated alkanes) is 35. The Kier molecular flexibility index (Phi) is 48.4. The quantitative estimate of drug-likeness (QED) is 0.0455. The van der Waals surface area contributed by atoms with Crippen LogP contribution >= 0.6 is 8.58 Å². The molecule has 0 fully saturated rings.